The molecule has 3 rings (SSSR count). The average Bonchev–Trinajstić information content (AvgIpc) is 2.69. The monoisotopic (exact) mass is 366 g/mol. The van der Waals surface area contributed by atoms with Crippen LogP contribution in [0.4, 0.5) is 11.4 Å². The van der Waals surface area contributed by atoms with E-state index in [4.69, 9.17) is 0 Å². The van der Waals surface area contributed by atoms with Gasteiger partial charge in [-0.2, -0.15) is 0 Å². The van der Waals surface area contributed by atoms with Crippen molar-refractivity contribution in [1.82, 2.24) is 0 Å². The number of hydrogen-bond donors (Lipinski definition) is 2. The molecule has 2 aromatic carbocycles. The van der Waals surface area contributed by atoms with Gasteiger partial charge in [0.05, 0.1) is 26.2 Å². The number of para-hydroxylation sites is 1. The van der Waals surface area contributed by atoms with Crippen LogP contribution in [0.3, 0.4) is 0 Å². The summed E-state index contributed by atoms with van der Waals surface area (Å²) in [5.74, 6) is 0.164. The number of nitrogens with one attached hydrogen (secondary N) is 2. The molecule has 142 valence electrons. The van der Waals surface area contributed by atoms with E-state index in [1.54, 1.807) is 6.92 Å². The standard InChI is InChI=1S/C22H27N3O2/c1-3-18-6-4-5-7-21(18)23-22(27)16-24-12-14-25(15-13-24)20-10-8-19(9-11-20)17(2)26/h4-11H,3,12-16H2,1-2H3,(H,23,27)/p+1. The fourth-order valence-corrected chi connectivity index (χ4v) is 3.54. The number of aryl methyl sites for hydroxylation is 1. The summed E-state index contributed by atoms with van der Waals surface area (Å²) in [6.07, 6.45) is 0.907. The van der Waals surface area contributed by atoms with Gasteiger partial charge in [-0.05, 0) is 49.2 Å². The molecular formula is C22H28N3O2+. The van der Waals surface area contributed by atoms with Gasteiger partial charge in [-0.3, -0.25) is 9.59 Å². The Morgan fingerprint density at radius 3 is 2.33 bits per heavy atom. The summed E-state index contributed by atoms with van der Waals surface area (Å²) < 4.78 is 0. The molecule has 0 unspecified atom stereocenters. The van der Waals surface area contributed by atoms with Crippen LogP contribution in [0.15, 0.2) is 48.5 Å². The summed E-state index contributed by atoms with van der Waals surface area (Å²) in [7, 11) is 0. The minimum Gasteiger partial charge on any atom is -0.360 e. The van der Waals surface area contributed by atoms with Crippen LogP contribution in [0.5, 0.6) is 0 Å². The molecule has 1 fully saturated rings. The predicted molar refractivity (Wildman–Crippen MR) is 109 cm³/mol. The third kappa shape index (κ3) is 4.95. The number of Topliss-reactive ketones (excluding diaryl/α,β-unsaturated/α-hetero) is 1. The van der Waals surface area contributed by atoms with Crippen molar-refractivity contribution in [1.29, 1.82) is 0 Å². The number of carbonyl (C=O) groups excluding carboxylic acids is 2. The van der Waals surface area contributed by atoms with Gasteiger partial charge in [0.1, 0.15) is 0 Å². The van der Waals surface area contributed by atoms with Crippen LogP contribution in [0.25, 0.3) is 0 Å². The summed E-state index contributed by atoms with van der Waals surface area (Å²) in [6.45, 7) is 7.85. The van der Waals surface area contributed by atoms with Gasteiger partial charge < -0.3 is 15.1 Å². The number of quaternary nitrogens is 1. The molecule has 0 aromatic heterocycles. The summed E-state index contributed by atoms with van der Waals surface area (Å²) in [5.41, 5.74) is 3.97. The highest BCUT2D eigenvalue weighted by atomic mass is 16.2. The number of benzene rings is 2. The van der Waals surface area contributed by atoms with Crippen LogP contribution in [0, 0.1) is 0 Å². The molecule has 5 nitrogen and oxygen atoms in total. The lowest BCUT2D eigenvalue weighted by molar-refractivity contribution is -0.892. The molecule has 27 heavy (non-hydrogen) atoms. The number of ketones is 1. The zero-order valence-electron chi connectivity index (χ0n) is 16.1. The third-order valence-electron chi connectivity index (χ3n) is 5.19. The third-order valence-corrected chi connectivity index (χ3v) is 5.19. The van der Waals surface area contributed by atoms with E-state index in [9.17, 15) is 9.59 Å². The Morgan fingerprint density at radius 2 is 1.70 bits per heavy atom. The molecule has 5 heteroatoms. The normalized spacial score (nSPS) is 14.8. The summed E-state index contributed by atoms with van der Waals surface area (Å²) in [5, 5.41) is 3.06. The number of nitrogens with zero attached hydrogens (tertiary/aromatic N) is 1. The molecule has 1 aliphatic rings. The summed E-state index contributed by atoms with van der Waals surface area (Å²) >= 11 is 0. The van der Waals surface area contributed by atoms with Crippen LogP contribution in [-0.2, 0) is 11.2 Å². The Labute approximate surface area is 161 Å². The van der Waals surface area contributed by atoms with Crippen LogP contribution >= 0.6 is 0 Å². The number of piperazine rings is 1. The highest BCUT2D eigenvalue weighted by Crippen LogP contribution is 2.16. The van der Waals surface area contributed by atoms with E-state index in [1.165, 1.54) is 10.5 Å². The second-order valence-electron chi connectivity index (χ2n) is 7.08. The smallest absolute Gasteiger partial charge is 0.279 e. The van der Waals surface area contributed by atoms with Crippen molar-refractivity contribution in [2.24, 2.45) is 0 Å². The number of carbonyl (C=O) groups is 2. The van der Waals surface area contributed by atoms with Gasteiger partial charge in [-0.25, -0.2) is 0 Å². The number of anilines is 2. The average molecular weight is 366 g/mol. The van der Waals surface area contributed by atoms with Crippen LogP contribution < -0.4 is 15.1 Å². The lowest BCUT2D eigenvalue weighted by atomic mass is 10.1. The number of hydrogen-bond acceptors (Lipinski definition) is 3. The van der Waals surface area contributed by atoms with Crippen molar-refractivity contribution in [2.75, 3.05) is 42.9 Å². The van der Waals surface area contributed by atoms with Gasteiger partial charge in [0.25, 0.3) is 5.91 Å². The molecule has 0 radical (unpaired) electrons. The lowest BCUT2D eigenvalue weighted by Gasteiger charge is -2.33. The van der Waals surface area contributed by atoms with Crippen molar-refractivity contribution in [3.05, 3.63) is 59.7 Å². The summed E-state index contributed by atoms with van der Waals surface area (Å²) in [4.78, 5) is 27.4. The Hall–Kier alpha value is -2.66. The Kier molecular flexibility index (Phi) is 6.24. The molecule has 2 aromatic rings. The fourth-order valence-electron chi connectivity index (χ4n) is 3.54. The van der Waals surface area contributed by atoms with E-state index >= 15 is 0 Å². The zero-order valence-corrected chi connectivity index (χ0v) is 16.1. The van der Waals surface area contributed by atoms with E-state index in [-0.39, 0.29) is 11.7 Å². The van der Waals surface area contributed by atoms with Gasteiger partial charge in [-0.1, -0.05) is 25.1 Å². The van der Waals surface area contributed by atoms with Gasteiger partial charge >= 0.3 is 0 Å². The molecule has 0 spiro atoms. The molecule has 1 heterocycles. The van der Waals surface area contributed by atoms with Crippen molar-refractivity contribution < 1.29 is 14.5 Å². The van der Waals surface area contributed by atoms with Crippen molar-refractivity contribution in [3.8, 4) is 0 Å². The maximum atomic E-state index is 12.4. The summed E-state index contributed by atoms with van der Waals surface area (Å²) in [6, 6.07) is 15.8. The Balaban J connectivity index is 1.50. The maximum Gasteiger partial charge on any atom is 0.279 e. The van der Waals surface area contributed by atoms with E-state index in [0.29, 0.717) is 6.54 Å². The first kappa shape index (κ1) is 19.1. The SMILES string of the molecule is CCc1ccccc1NC(=O)C[NH+]1CCN(c2ccc(C(C)=O)cc2)CC1. The minimum atomic E-state index is 0.0742. The van der Waals surface area contributed by atoms with E-state index < -0.39 is 0 Å². The van der Waals surface area contributed by atoms with Crippen LogP contribution in [-0.4, -0.2) is 44.4 Å². The van der Waals surface area contributed by atoms with Gasteiger partial charge in [0.2, 0.25) is 0 Å². The zero-order chi connectivity index (χ0) is 19.2. The Morgan fingerprint density at radius 1 is 1.04 bits per heavy atom. The van der Waals surface area contributed by atoms with E-state index in [1.807, 2.05) is 42.5 Å². The minimum absolute atomic E-state index is 0.0742. The van der Waals surface area contributed by atoms with Crippen molar-refractivity contribution in [3.63, 3.8) is 0 Å². The van der Waals surface area contributed by atoms with E-state index in [0.717, 1.165) is 49.5 Å². The highest BCUT2D eigenvalue weighted by Gasteiger charge is 2.22. The molecule has 1 saturated heterocycles. The Bertz CT molecular complexity index is 793. The topological polar surface area (TPSA) is 53.9 Å². The first-order valence-electron chi connectivity index (χ1n) is 9.64. The molecule has 2 N–H and O–H groups in total. The molecule has 1 aliphatic heterocycles. The van der Waals surface area contributed by atoms with Gasteiger partial charge in [0, 0.05) is 16.9 Å². The second-order valence-corrected chi connectivity index (χ2v) is 7.08. The number of amides is 1. The molecule has 1 amide bonds. The molecule has 0 bridgehead atoms. The maximum absolute atomic E-state index is 12.4. The molecule has 0 saturated carbocycles. The van der Waals surface area contributed by atoms with Gasteiger partial charge in [0.15, 0.2) is 12.3 Å². The molecule has 0 atom stereocenters. The lowest BCUT2D eigenvalue weighted by Crippen LogP contribution is -3.15. The number of rotatable bonds is 6. The molecule has 0 aliphatic carbocycles. The fraction of sp³-hybridized carbons (Fsp3) is 0.364. The van der Waals surface area contributed by atoms with E-state index in [2.05, 4.69) is 23.2 Å². The second kappa shape index (κ2) is 8.82. The van der Waals surface area contributed by atoms with Crippen molar-refractivity contribution in [2.45, 2.75) is 20.3 Å². The first-order valence-corrected chi connectivity index (χ1v) is 9.64. The highest BCUT2D eigenvalue weighted by molar-refractivity contribution is 5.94. The molecular weight excluding hydrogens is 338 g/mol. The predicted octanol–water partition coefficient (Wildman–Crippen LogP) is 1.80. The quantitative estimate of drug-likeness (QED) is 0.767. The first-order chi connectivity index (χ1) is 13.1. The van der Waals surface area contributed by atoms with Crippen LogP contribution in [0.2, 0.25) is 0 Å². The largest absolute Gasteiger partial charge is 0.360 e. The van der Waals surface area contributed by atoms with Crippen molar-refractivity contribution >= 4 is 23.1 Å². The van der Waals surface area contributed by atoms with Gasteiger partial charge in [-0.15, -0.1) is 0 Å². The van der Waals surface area contributed by atoms with Crippen LogP contribution in [0.1, 0.15) is 29.8 Å².